The molecule has 0 saturated heterocycles. The molecule has 31 heavy (non-hydrogen) atoms. The van der Waals surface area contributed by atoms with Crippen LogP contribution in [0.4, 0.5) is 0 Å². The molecule has 1 heterocycles. The Balaban J connectivity index is 1.17. The number of carbonyl (C=O) groups excluding carboxylic acids is 1. The summed E-state index contributed by atoms with van der Waals surface area (Å²) in [5, 5.41) is 3.39. The number of nitrogens with zero attached hydrogens (tertiary/aromatic N) is 2. The van der Waals surface area contributed by atoms with Gasteiger partial charge in [0.1, 0.15) is 5.82 Å². The molecule has 3 aliphatic rings. The molecule has 160 valence electrons. The summed E-state index contributed by atoms with van der Waals surface area (Å²) < 4.78 is 2.13. The highest BCUT2D eigenvalue weighted by Gasteiger charge is 2.81. The molecule has 0 bridgehead atoms. The highest BCUT2D eigenvalue weighted by Crippen LogP contribution is 2.78. The second-order valence-electron chi connectivity index (χ2n) is 10.6. The Morgan fingerprint density at radius 2 is 1.81 bits per heavy atom. The number of carbonyl (C=O) groups is 1. The number of hydrogen-bond acceptors (Lipinski definition) is 2. The van der Waals surface area contributed by atoms with E-state index in [0.29, 0.717) is 17.2 Å². The van der Waals surface area contributed by atoms with Crippen LogP contribution in [-0.2, 0) is 11.8 Å². The van der Waals surface area contributed by atoms with Crippen molar-refractivity contribution in [1.29, 1.82) is 0 Å². The summed E-state index contributed by atoms with van der Waals surface area (Å²) >= 11 is 0. The molecule has 2 unspecified atom stereocenters. The monoisotopic (exact) mass is 413 g/mol. The van der Waals surface area contributed by atoms with Gasteiger partial charge in [0.2, 0.25) is 5.91 Å². The number of rotatable bonds is 4. The van der Waals surface area contributed by atoms with Gasteiger partial charge in [-0.3, -0.25) is 4.79 Å². The Hall–Kier alpha value is -2.62. The fourth-order valence-corrected chi connectivity index (χ4v) is 5.95. The van der Waals surface area contributed by atoms with E-state index in [1.807, 2.05) is 6.92 Å². The minimum atomic E-state index is 0.174. The third-order valence-electron chi connectivity index (χ3n) is 8.52. The van der Waals surface area contributed by atoms with Crippen LogP contribution in [0.3, 0.4) is 0 Å². The molecule has 3 aliphatic carbocycles. The second-order valence-corrected chi connectivity index (χ2v) is 10.6. The van der Waals surface area contributed by atoms with Gasteiger partial charge in [0.25, 0.3) is 0 Å². The van der Waals surface area contributed by atoms with Crippen LogP contribution in [-0.4, -0.2) is 21.0 Å². The average Bonchev–Trinajstić information content (AvgIpc) is 3.50. The van der Waals surface area contributed by atoms with Crippen LogP contribution in [0.2, 0.25) is 0 Å². The third-order valence-corrected chi connectivity index (χ3v) is 8.52. The van der Waals surface area contributed by atoms with Crippen LogP contribution in [0.1, 0.15) is 62.8 Å². The smallest absolute Gasteiger partial charge is 0.223 e. The van der Waals surface area contributed by atoms with Crippen LogP contribution in [0.15, 0.2) is 42.5 Å². The SMILES string of the molecule is Cc1nc2cc(-c3ccc(C4CCCC(C(=O)NC56CC5(C)C6)C4)cc3)ccc2n1C. The molecule has 0 spiro atoms. The van der Waals surface area contributed by atoms with E-state index < -0.39 is 0 Å². The molecule has 1 N–H and O–H groups in total. The maximum Gasteiger partial charge on any atom is 0.223 e. The molecule has 6 rings (SSSR count). The highest BCUT2D eigenvalue weighted by atomic mass is 16.2. The lowest BCUT2D eigenvalue weighted by molar-refractivity contribution is -0.126. The Morgan fingerprint density at radius 3 is 2.52 bits per heavy atom. The molecular formula is C27H31N3O. The van der Waals surface area contributed by atoms with E-state index >= 15 is 0 Å². The van der Waals surface area contributed by atoms with Crippen molar-refractivity contribution in [3.63, 3.8) is 0 Å². The molecule has 4 heteroatoms. The summed E-state index contributed by atoms with van der Waals surface area (Å²) in [6, 6.07) is 15.5. The average molecular weight is 414 g/mol. The van der Waals surface area contributed by atoms with Crippen LogP contribution in [0.5, 0.6) is 0 Å². The number of aromatic nitrogens is 2. The number of imidazole rings is 1. The Kier molecular flexibility index (Phi) is 3.97. The fourth-order valence-electron chi connectivity index (χ4n) is 5.95. The van der Waals surface area contributed by atoms with Crippen molar-refractivity contribution in [2.75, 3.05) is 0 Å². The fraction of sp³-hybridized carbons (Fsp3) is 0.481. The first-order valence-electron chi connectivity index (χ1n) is 11.7. The summed E-state index contributed by atoms with van der Waals surface area (Å²) in [5.74, 6) is 2.00. The minimum Gasteiger partial charge on any atom is -0.350 e. The Morgan fingerprint density at radius 1 is 1.10 bits per heavy atom. The summed E-state index contributed by atoms with van der Waals surface area (Å²) in [4.78, 5) is 17.5. The van der Waals surface area contributed by atoms with E-state index in [0.717, 1.165) is 30.6 Å². The lowest BCUT2D eigenvalue weighted by Gasteiger charge is -2.29. The van der Waals surface area contributed by atoms with Crippen LogP contribution < -0.4 is 5.32 Å². The Bertz CT molecular complexity index is 1180. The summed E-state index contributed by atoms with van der Waals surface area (Å²) in [5.41, 5.74) is 6.63. The molecule has 2 aromatic carbocycles. The van der Waals surface area contributed by atoms with Gasteiger partial charge in [-0.05, 0) is 79.2 Å². The van der Waals surface area contributed by atoms with E-state index in [9.17, 15) is 4.79 Å². The number of benzene rings is 2. The molecule has 2 atom stereocenters. The summed E-state index contributed by atoms with van der Waals surface area (Å²) in [6.45, 7) is 4.34. The lowest BCUT2D eigenvalue weighted by Crippen LogP contribution is -2.37. The lowest BCUT2D eigenvalue weighted by atomic mass is 9.77. The van der Waals surface area contributed by atoms with Gasteiger partial charge in [0, 0.05) is 18.5 Å². The number of nitrogens with one attached hydrogen (secondary N) is 1. The molecule has 3 aromatic rings. The Labute approximate surface area is 184 Å². The van der Waals surface area contributed by atoms with Crippen molar-refractivity contribution < 1.29 is 4.79 Å². The predicted octanol–water partition coefficient (Wildman–Crippen LogP) is 5.49. The minimum absolute atomic E-state index is 0.174. The molecule has 1 aromatic heterocycles. The summed E-state index contributed by atoms with van der Waals surface area (Å²) in [6.07, 6.45) is 6.73. The first-order valence-corrected chi connectivity index (χ1v) is 11.7. The van der Waals surface area contributed by atoms with Crippen molar-refractivity contribution in [1.82, 2.24) is 14.9 Å². The van der Waals surface area contributed by atoms with Crippen molar-refractivity contribution in [2.45, 2.75) is 63.8 Å². The zero-order chi connectivity index (χ0) is 21.4. The maximum atomic E-state index is 12.9. The molecular weight excluding hydrogens is 382 g/mol. The molecule has 0 aliphatic heterocycles. The van der Waals surface area contributed by atoms with Gasteiger partial charge < -0.3 is 9.88 Å². The highest BCUT2D eigenvalue weighted by molar-refractivity contribution is 5.83. The van der Waals surface area contributed by atoms with Crippen molar-refractivity contribution in [3.8, 4) is 11.1 Å². The first-order chi connectivity index (χ1) is 14.9. The predicted molar refractivity (Wildman–Crippen MR) is 124 cm³/mol. The van der Waals surface area contributed by atoms with Crippen LogP contribution in [0, 0.1) is 18.3 Å². The first kappa shape index (κ1) is 19.1. The summed E-state index contributed by atoms with van der Waals surface area (Å²) in [7, 11) is 2.06. The van der Waals surface area contributed by atoms with Gasteiger partial charge in [0.15, 0.2) is 0 Å². The quantitative estimate of drug-likeness (QED) is 0.615. The van der Waals surface area contributed by atoms with Crippen LogP contribution in [0.25, 0.3) is 22.2 Å². The van der Waals surface area contributed by atoms with E-state index in [1.165, 1.54) is 41.5 Å². The zero-order valence-electron chi connectivity index (χ0n) is 18.7. The maximum absolute atomic E-state index is 12.9. The molecule has 0 radical (unpaired) electrons. The van der Waals surface area contributed by atoms with Crippen LogP contribution >= 0.6 is 0 Å². The van der Waals surface area contributed by atoms with Crippen molar-refractivity contribution in [3.05, 3.63) is 53.9 Å². The van der Waals surface area contributed by atoms with Crippen molar-refractivity contribution in [2.24, 2.45) is 18.4 Å². The van der Waals surface area contributed by atoms with Gasteiger partial charge >= 0.3 is 0 Å². The second kappa shape index (κ2) is 6.44. The number of fused-ring (bicyclic) bond motifs is 2. The number of hydrogen-bond donors (Lipinski definition) is 1. The van der Waals surface area contributed by atoms with Gasteiger partial charge in [0.05, 0.1) is 11.0 Å². The van der Waals surface area contributed by atoms with E-state index in [1.54, 1.807) is 0 Å². The van der Waals surface area contributed by atoms with Gasteiger partial charge in [-0.1, -0.05) is 43.7 Å². The van der Waals surface area contributed by atoms with Gasteiger partial charge in [-0.15, -0.1) is 0 Å². The third kappa shape index (κ3) is 3.02. The van der Waals surface area contributed by atoms with Crippen molar-refractivity contribution >= 4 is 16.9 Å². The molecule has 1 amide bonds. The molecule has 3 saturated carbocycles. The van der Waals surface area contributed by atoms with Gasteiger partial charge in [-0.25, -0.2) is 4.98 Å². The molecule has 3 fully saturated rings. The van der Waals surface area contributed by atoms with E-state index in [4.69, 9.17) is 0 Å². The standard InChI is InChI=1S/C27H31N3O/c1-17-28-23-14-21(11-12-24(23)30(17)3)19-9-7-18(8-10-19)20-5-4-6-22(13-20)25(31)29-27-15-26(27,2)16-27/h7-12,14,20,22H,4-6,13,15-16H2,1-3H3,(H,29,31). The number of amides is 1. The largest absolute Gasteiger partial charge is 0.350 e. The topological polar surface area (TPSA) is 46.9 Å². The number of aryl methyl sites for hydroxylation is 2. The zero-order valence-corrected chi connectivity index (χ0v) is 18.7. The van der Waals surface area contributed by atoms with E-state index in [2.05, 4.69) is 71.3 Å². The normalized spacial score (nSPS) is 31.3. The molecule has 4 nitrogen and oxygen atoms in total. The van der Waals surface area contributed by atoms with E-state index in [-0.39, 0.29) is 11.5 Å². The van der Waals surface area contributed by atoms with Gasteiger partial charge in [-0.2, -0.15) is 0 Å².